The van der Waals surface area contributed by atoms with Crippen molar-refractivity contribution in [1.82, 2.24) is 14.6 Å². The first kappa shape index (κ1) is 15.1. The average molecular weight is 318 g/mol. The van der Waals surface area contributed by atoms with E-state index < -0.39 is 17.1 Å². The Morgan fingerprint density at radius 3 is 2.78 bits per heavy atom. The highest BCUT2D eigenvalue weighted by molar-refractivity contribution is 5.81. The van der Waals surface area contributed by atoms with Crippen molar-refractivity contribution in [1.29, 1.82) is 0 Å². The predicted molar refractivity (Wildman–Crippen MR) is 83.8 cm³/mol. The largest absolute Gasteiger partial charge is 0.494 e. The molecule has 0 aliphatic carbocycles. The molecule has 0 amide bonds. The highest BCUT2D eigenvalue weighted by Gasteiger charge is 2.14. The number of nitrogens with zero attached hydrogens (tertiary/aromatic N) is 3. The Kier molecular flexibility index (Phi) is 4.31. The Labute approximate surface area is 131 Å². The van der Waals surface area contributed by atoms with Crippen LogP contribution in [0.15, 0.2) is 37.5 Å². The Morgan fingerprint density at radius 1 is 1.30 bits per heavy atom. The van der Waals surface area contributed by atoms with Crippen LogP contribution in [-0.2, 0) is 6.54 Å². The van der Waals surface area contributed by atoms with Gasteiger partial charge in [0, 0.05) is 13.1 Å². The minimum Gasteiger partial charge on any atom is -0.494 e. The Bertz CT molecular complexity index is 798. The summed E-state index contributed by atoms with van der Waals surface area (Å²) in [6, 6.07) is 3.36. The summed E-state index contributed by atoms with van der Waals surface area (Å²) in [4.78, 5) is 26.0. The number of hydrazone groups is 1. The Balaban J connectivity index is 1.91. The van der Waals surface area contributed by atoms with Gasteiger partial charge in [-0.3, -0.25) is 19.4 Å². The molecule has 0 bridgehead atoms. The van der Waals surface area contributed by atoms with Gasteiger partial charge in [0.2, 0.25) is 5.88 Å². The first-order valence-corrected chi connectivity index (χ1v) is 7.52. The number of hydrogen-bond donors (Lipinski definition) is 2. The third kappa shape index (κ3) is 3.36. The zero-order valence-corrected chi connectivity index (χ0v) is 12.6. The van der Waals surface area contributed by atoms with Crippen LogP contribution in [0.4, 0.5) is 0 Å². The number of rotatable bonds is 4. The molecule has 1 aliphatic rings. The van der Waals surface area contributed by atoms with Crippen molar-refractivity contribution in [2.75, 3.05) is 13.1 Å². The maximum atomic E-state index is 11.9. The summed E-state index contributed by atoms with van der Waals surface area (Å²) < 4.78 is 6.21. The summed E-state index contributed by atoms with van der Waals surface area (Å²) in [5, 5.41) is 16.4. The smallest absolute Gasteiger partial charge is 0.331 e. The molecule has 1 saturated heterocycles. The summed E-state index contributed by atoms with van der Waals surface area (Å²) >= 11 is 0. The fourth-order valence-electron chi connectivity index (χ4n) is 2.53. The Hall–Kier alpha value is -2.77. The molecule has 122 valence electrons. The number of piperidine rings is 1. The van der Waals surface area contributed by atoms with Crippen LogP contribution in [0.5, 0.6) is 5.88 Å². The molecule has 23 heavy (non-hydrogen) atoms. The van der Waals surface area contributed by atoms with Crippen LogP contribution in [0.3, 0.4) is 0 Å². The predicted octanol–water partition coefficient (Wildman–Crippen LogP) is 0.703. The second-order valence-electron chi connectivity index (χ2n) is 5.42. The highest BCUT2D eigenvalue weighted by Crippen LogP contribution is 2.13. The number of aromatic hydroxyl groups is 1. The fourth-order valence-corrected chi connectivity index (χ4v) is 2.53. The molecule has 8 nitrogen and oxygen atoms in total. The van der Waals surface area contributed by atoms with Crippen LogP contribution in [0.2, 0.25) is 0 Å². The molecule has 0 saturated carbocycles. The lowest BCUT2D eigenvalue weighted by atomic mass is 10.2. The van der Waals surface area contributed by atoms with Gasteiger partial charge in [0.05, 0.1) is 19.0 Å². The molecule has 2 aromatic heterocycles. The molecule has 2 aromatic rings. The van der Waals surface area contributed by atoms with Crippen molar-refractivity contribution in [3.63, 3.8) is 0 Å². The molecular weight excluding hydrogens is 300 g/mol. The average Bonchev–Trinajstić information content (AvgIpc) is 3.05. The van der Waals surface area contributed by atoms with E-state index in [1.54, 1.807) is 12.1 Å². The maximum Gasteiger partial charge on any atom is 0.331 e. The van der Waals surface area contributed by atoms with Crippen molar-refractivity contribution in [3.05, 3.63) is 50.6 Å². The first-order valence-electron chi connectivity index (χ1n) is 7.52. The van der Waals surface area contributed by atoms with Crippen LogP contribution in [0.25, 0.3) is 0 Å². The van der Waals surface area contributed by atoms with E-state index in [0.717, 1.165) is 30.5 Å². The lowest BCUT2D eigenvalue weighted by Gasteiger charge is -2.23. The van der Waals surface area contributed by atoms with Gasteiger partial charge in [0.15, 0.2) is 0 Å². The number of H-pyrrole nitrogens is 1. The molecule has 0 radical (unpaired) electrons. The van der Waals surface area contributed by atoms with Crippen LogP contribution in [0.1, 0.15) is 30.6 Å². The van der Waals surface area contributed by atoms with Gasteiger partial charge in [-0.25, -0.2) is 4.79 Å². The van der Waals surface area contributed by atoms with Gasteiger partial charge < -0.3 is 9.52 Å². The molecule has 3 heterocycles. The third-order valence-corrected chi connectivity index (χ3v) is 3.78. The zero-order chi connectivity index (χ0) is 16.2. The van der Waals surface area contributed by atoms with Crippen molar-refractivity contribution < 1.29 is 9.52 Å². The number of aromatic nitrogens is 2. The normalized spacial score (nSPS) is 15.4. The molecule has 0 unspecified atom stereocenters. The lowest BCUT2D eigenvalue weighted by molar-refractivity contribution is 0.240. The van der Waals surface area contributed by atoms with Crippen LogP contribution in [-0.4, -0.2) is 39.0 Å². The number of aromatic amines is 1. The summed E-state index contributed by atoms with van der Waals surface area (Å²) in [6.45, 7) is 1.67. The fraction of sp³-hybridized carbons (Fsp3) is 0.400. The summed E-state index contributed by atoms with van der Waals surface area (Å²) in [5.41, 5.74) is -1.40. The molecule has 2 N–H and O–H groups in total. The van der Waals surface area contributed by atoms with Gasteiger partial charge in [-0.15, -0.1) is 0 Å². The molecule has 1 aliphatic heterocycles. The summed E-state index contributed by atoms with van der Waals surface area (Å²) in [6.07, 6.45) is 6.06. The lowest BCUT2D eigenvalue weighted by Crippen LogP contribution is -2.33. The van der Waals surface area contributed by atoms with E-state index in [1.165, 1.54) is 18.9 Å². The molecule has 3 rings (SSSR count). The van der Waals surface area contributed by atoms with Gasteiger partial charge in [0.1, 0.15) is 11.3 Å². The van der Waals surface area contributed by atoms with Crippen LogP contribution in [0, 0.1) is 0 Å². The molecular formula is C15H18N4O4. The van der Waals surface area contributed by atoms with E-state index in [2.05, 4.69) is 10.1 Å². The second-order valence-corrected chi connectivity index (χ2v) is 5.42. The minimum absolute atomic E-state index is 0.0268. The highest BCUT2D eigenvalue weighted by atomic mass is 16.3. The number of furan rings is 1. The monoisotopic (exact) mass is 318 g/mol. The first-order chi connectivity index (χ1) is 11.1. The van der Waals surface area contributed by atoms with E-state index in [9.17, 15) is 14.7 Å². The van der Waals surface area contributed by atoms with Gasteiger partial charge in [-0.05, 0) is 31.4 Å². The molecule has 1 fully saturated rings. The third-order valence-electron chi connectivity index (χ3n) is 3.78. The van der Waals surface area contributed by atoms with Crippen molar-refractivity contribution in [2.45, 2.75) is 25.8 Å². The standard InChI is InChI=1S/C15H18N4O4/c20-13-12(9-16-18-6-2-1-3-7-18)14(21)19(15(22)17-13)10-11-5-4-8-23-11/h4-5,8-9,21H,1-3,6-7,10H2,(H,17,20,22). The van der Waals surface area contributed by atoms with Crippen molar-refractivity contribution in [2.24, 2.45) is 5.10 Å². The van der Waals surface area contributed by atoms with Gasteiger partial charge in [-0.1, -0.05) is 0 Å². The maximum absolute atomic E-state index is 11.9. The van der Waals surface area contributed by atoms with Gasteiger partial charge in [-0.2, -0.15) is 5.10 Å². The topological polar surface area (TPSA) is 104 Å². The molecule has 0 atom stereocenters. The molecule has 0 aromatic carbocycles. The van der Waals surface area contributed by atoms with E-state index >= 15 is 0 Å². The van der Waals surface area contributed by atoms with Gasteiger partial charge >= 0.3 is 5.69 Å². The minimum atomic E-state index is -0.695. The quantitative estimate of drug-likeness (QED) is 0.808. The van der Waals surface area contributed by atoms with E-state index in [-0.39, 0.29) is 12.1 Å². The molecule has 8 heteroatoms. The van der Waals surface area contributed by atoms with E-state index in [4.69, 9.17) is 4.42 Å². The zero-order valence-electron chi connectivity index (χ0n) is 12.6. The second kappa shape index (κ2) is 6.55. The summed E-state index contributed by atoms with van der Waals surface area (Å²) in [7, 11) is 0. The van der Waals surface area contributed by atoms with Crippen LogP contribution < -0.4 is 11.2 Å². The van der Waals surface area contributed by atoms with Gasteiger partial charge in [0.25, 0.3) is 5.56 Å². The van der Waals surface area contributed by atoms with E-state index in [1.807, 2.05) is 5.01 Å². The Morgan fingerprint density at radius 2 is 2.09 bits per heavy atom. The SMILES string of the molecule is O=c1[nH]c(=O)n(Cc2ccco2)c(O)c1C=NN1CCCCC1. The van der Waals surface area contributed by atoms with Crippen LogP contribution >= 0.6 is 0 Å². The molecule has 0 spiro atoms. The number of nitrogens with one attached hydrogen (secondary N) is 1. The number of hydrogen-bond acceptors (Lipinski definition) is 6. The van der Waals surface area contributed by atoms with Crippen molar-refractivity contribution >= 4 is 6.21 Å². The summed E-state index contributed by atoms with van der Waals surface area (Å²) in [5.74, 6) is 0.0734. The van der Waals surface area contributed by atoms with E-state index in [0.29, 0.717) is 5.76 Å². The van der Waals surface area contributed by atoms with Crippen molar-refractivity contribution in [3.8, 4) is 5.88 Å².